The molecule has 1 fully saturated rings. The van der Waals surface area contributed by atoms with Gasteiger partial charge in [-0.3, -0.25) is 9.59 Å². The monoisotopic (exact) mass is 358 g/mol. The van der Waals surface area contributed by atoms with Crippen LogP contribution in [0.2, 0.25) is 0 Å². The van der Waals surface area contributed by atoms with E-state index in [1.807, 2.05) is 0 Å². The minimum absolute atomic E-state index is 0.0138. The smallest absolute Gasteiger partial charge is 0.256 e. The van der Waals surface area contributed by atoms with Crippen LogP contribution >= 0.6 is 0 Å². The molecule has 4 nitrogen and oxygen atoms in total. The Hall–Kier alpha value is -2.76. The van der Waals surface area contributed by atoms with E-state index in [0.29, 0.717) is 24.9 Å². The van der Waals surface area contributed by atoms with Gasteiger partial charge in [0, 0.05) is 25.2 Å². The van der Waals surface area contributed by atoms with Gasteiger partial charge in [0.1, 0.15) is 11.6 Å². The van der Waals surface area contributed by atoms with Crippen molar-refractivity contribution < 1.29 is 18.4 Å². The van der Waals surface area contributed by atoms with Crippen molar-refractivity contribution in [2.24, 2.45) is 5.92 Å². The molecule has 0 spiro atoms. The third-order valence-electron chi connectivity index (χ3n) is 4.59. The van der Waals surface area contributed by atoms with Gasteiger partial charge in [0.05, 0.1) is 11.5 Å². The molecular formula is C20H20F2N2O2. The lowest BCUT2D eigenvalue weighted by Gasteiger charge is -2.32. The summed E-state index contributed by atoms with van der Waals surface area (Å²) >= 11 is 0. The van der Waals surface area contributed by atoms with Crippen molar-refractivity contribution in [3.63, 3.8) is 0 Å². The molecule has 3 rings (SSSR count). The maximum absolute atomic E-state index is 13.8. The molecule has 1 heterocycles. The summed E-state index contributed by atoms with van der Waals surface area (Å²) < 4.78 is 27.5. The molecular weight excluding hydrogens is 338 g/mol. The fourth-order valence-corrected chi connectivity index (χ4v) is 3.15. The summed E-state index contributed by atoms with van der Waals surface area (Å²) in [6, 6.07) is 12.1. The zero-order valence-electron chi connectivity index (χ0n) is 14.3. The molecule has 0 unspecified atom stereocenters. The molecule has 0 radical (unpaired) electrons. The maximum atomic E-state index is 13.8. The highest BCUT2D eigenvalue weighted by atomic mass is 19.1. The fraction of sp³-hybridized carbons (Fsp3) is 0.300. The van der Waals surface area contributed by atoms with Crippen LogP contribution in [0.1, 0.15) is 28.8 Å². The molecule has 1 saturated heterocycles. The van der Waals surface area contributed by atoms with Crippen LogP contribution < -0.4 is 5.32 Å². The van der Waals surface area contributed by atoms with Gasteiger partial charge in [-0.1, -0.05) is 30.3 Å². The molecule has 0 aliphatic carbocycles. The van der Waals surface area contributed by atoms with E-state index < -0.39 is 11.7 Å². The summed E-state index contributed by atoms with van der Waals surface area (Å²) in [5.74, 6) is -1.95. The second kappa shape index (κ2) is 8.08. The number of piperidine rings is 1. The summed E-state index contributed by atoms with van der Waals surface area (Å²) in [5.41, 5.74) is 0.427. The number of carbonyl (C=O) groups is 2. The van der Waals surface area contributed by atoms with Crippen LogP contribution in [0.3, 0.4) is 0 Å². The van der Waals surface area contributed by atoms with Crippen LogP contribution in [0.25, 0.3) is 0 Å². The molecule has 0 bridgehead atoms. The van der Waals surface area contributed by atoms with E-state index in [1.165, 1.54) is 29.2 Å². The van der Waals surface area contributed by atoms with E-state index in [2.05, 4.69) is 5.32 Å². The van der Waals surface area contributed by atoms with E-state index in [0.717, 1.165) is 0 Å². The van der Waals surface area contributed by atoms with Crippen LogP contribution in [-0.4, -0.2) is 29.8 Å². The van der Waals surface area contributed by atoms with Crippen molar-refractivity contribution in [3.8, 4) is 0 Å². The topological polar surface area (TPSA) is 49.4 Å². The van der Waals surface area contributed by atoms with Gasteiger partial charge in [-0.05, 0) is 31.0 Å². The van der Waals surface area contributed by atoms with Crippen molar-refractivity contribution in [2.45, 2.75) is 19.4 Å². The number of likely N-dealkylation sites (tertiary alicyclic amines) is 1. The van der Waals surface area contributed by atoms with Crippen molar-refractivity contribution in [2.75, 3.05) is 13.1 Å². The van der Waals surface area contributed by atoms with Gasteiger partial charge < -0.3 is 10.2 Å². The highest BCUT2D eigenvalue weighted by molar-refractivity contribution is 5.95. The van der Waals surface area contributed by atoms with Crippen LogP contribution in [0.15, 0.2) is 48.5 Å². The lowest BCUT2D eigenvalue weighted by Crippen LogP contribution is -2.45. The second-order valence-electron chi connectivity index (χ2n) is 6.38. The molecule has 2 amide bonds. The zero-order valence-corrected chi connectivity index (χ0v) is 14.3. The summed E-state index contributed by atoms with van der Waals surface area (Å²) in [4.78, 5) is 26.4. The lowest BCUT2D eigenvalue weighted by atomic mass is 9.96. The first-order valence-electron chi connectivity index (χ1n) is 8.61. The minimum Gasteiger partial charge on any atom is -0.352 e. The standard InChI is InChI=1S/C20H20F2N2O2/c21-17-9-3-1-6-14(17)12-23-19(25)15-7-5-11-24(13-15)20(26)16-8-2-4-10-18(16)22/h1-4,6,8-10,15H,5,7,11-13H2,(H,23,25)/t15-/m1/s1. The summed E-state index contributed by atoms with van der Waals surface area (Å²) in [5, 5.41) is 2.73. The third kappa shape index (κ3) is 4.07. The van der Waals surface area contributed by atoms with Gasteiger partial charge in [-0.25, -0.2) is 8.78 Å². The summed E-state index contributed by atoms with van der Waals surface area (Å²) in [6.07, 6.45) is 1.31. The molecule has 136 valence electrons. The number of hydrogen-bond acceptors (Lipinski definition) is 2. The third-order valence-corrected chi connectivity index (χ3v) is 4.59. The van der Waals surface area contributed by atoms with Gasteiger partial charge in [0.25, 0.3) is 5.91 Å². The summed E-state index contributed by atoms with van der Waals surface area (Å²) in [6.45, 7) is 0.823. The van der Waals surface area contributed by atoms with E-state index in [4.69, 9.17) is 0 Å². The Labute approximate surface area is 150 Å². The summed E-state index contributed by atoms with van der Waals surface area (Å²) in [7, 11) is 0. The van der Waals surface area contributed by atoms with Crippen LogP contribution in [-0.2, 0) is 11.3 Å². The highest BCUT2D eigenvalue weighted by Crippen LogP contribution is 2.20. The van der Waals surface area contributed by atoms with Gasteiger partial charge in [0.15, 0.2) is 0 Å². The van der Waals surface area contributed by atoms with Gasteiger partial charge >= 0.3 is 0 Å². The maximum Gasteiger partial charge on any atom is 0.256 e. The first-order chi connectivity index (χ1) is 12.6. The van der Waals surface area contributed by atoms with Gasteiger partial charge in [0.2, 0.25) is 5.91 Å². The molecule has 1 aliphatic heterocycles. The number of hydrogen-bond donors (Lipinski definition) is 1. The first-order valence-corrected chi connectivity index (χ1v) is 8.61. The molecule has 0 aromatic heterocycles. The quantitative estimate of drug-likeness (QED) is 0.913. The number of carbonyl (C=O) groups excluding carboxylic acids is 2. The first kappa shape index (κ1) is 18.0. The SMILES string of the molecule is O=C(NCc1ccccc1F)[C@@H]1CCCN(C(=O)c2ccccc2F)C1. The van der Waals surface area contributed by atoms with Gasteiger partial charge in [-0.2, -0.15) is 0 Å². The Morgan fingerprint density at radius 3 is 2.46 bits per heavy atom. The zero-order chi connectivity index (χ0) is 18.5. The van der Waals surface area contributed by atoms with E-state index >= 15 is 0 Å². The average molecular weight is 358 g/mol. The van der Waals surface area contributed by atoms with E-state index in [-0.39, 0.29) is 36.3 Å². The molecule has 0 saturated carbocycles. The number of halogens is 2. The predicted octanol–water partition coefficient (Wildman–Crippen LogP) is 3.13. The van der Waals surface area contributed by atoms with Crippen molar-refractivity contribution in [3.05, 3.63) is 71.3 Å². The number of benzene rings is 2. The van der Waals surface area contributed by atoms with E-state index in [9.17, 15) is 18.4 Å². The normalized spacial score (nSPS) is 17.0. The van der Waals surface area contributed by atoms with Crippen molar-refractivity contribution >= 4 is 11.8 Å². The number of amides is 2. The predicted molar refractivity (Wildman–Crippen MR) is 93.3 cm³/mol. The molecule has 1 N–H and O–H groups in total. The van der Waals surface area contributed by atoms with E-state index in [1.54, 1.807) is 24.3 Å². The van der Waals surface area contributed by atoms with Crippen molar-refractivity contribution in [1.82, 2.24) is 10.2 Å². The molecule has 1 atom stereocenters. The Kier molecular flexibility index (Phi) is 5.61. The Bertz CT molecular complexity index is 810. The van der Waals surface area contributed by atoms with Gasteiger partial charge in [-0.15, -0.1) is 0 Å². The largest absolute Gasteiger partial charge is 0.352 e. The average Bonchev–Trinajstić information content (AvgIpc) is 2.67. The molecule has 2 aromatic rings. The number of nitrogens with zero attached hydrogens (tertiary/aromatic N) is 1. The highest BCUT2D eigenvalue weighted by Gasteiger charge is 2.29. The van der Waals surface area contributed by atoms with Crippen molar-refractivity contribution in [1.29, 1.82) is 0 Å². The van der Waals surface area contributed by atoms with Crippen LogP contribution in [0.5, 0.6) is 0 Å². The lowest BCUT2D eigenvalue weighted by molar-refractivity contribution is -0.126. The molecule has 1 aliphatic rings. The Balaban J connectivity index is 1.61. The number of nitrogens with one attached hydrogen (secondary N) is 1. The Morgan fingerprint density at radius 2 is 1.73 bits per heavy atom. The second-order valence-corrected chi connectivity index (χ2v) is 6.38. The van der Waals surface area contributed by atoms with Crippen LogP contribution in [0.4, 0.5) is 8.78 Å². The molecule has 2 aromatic carbocycles. The minimum atomic E-state index is -0.566. The fourth-order valence-electron chi connectivity index (χ4n) is 3.15. The Morgan fingerprint density at radius 1 is 1.04 bits per heavy atom. The number of rotatable bonds is 4. The van der Waals surface area contributed by atoms with Crippen LogP contribution in [0, 0.1) is 17.6 Å². The molecule has 6 heteroatoms. The molecule has 26 heavy (non-hydrogen) atoms.